The molecule has 0 aromatic heterocycles. The van der Waals surface area contributed by atoms with Crippen LogP contribution < -0.4 is 0 Å². The monoisotopic (exact) mass is 151 g/mol. The molecule has 2 heteroatoms. The van der Waals surface area contributed by atoms with E-state index in [2.05, 4.69) is 25.8 Å². The first-order valence-electron chi connectivity index (χ1n) is 4.55. The van der Waals surface area contributed by atoms with E-state index in [1.165, 1.54) is 12.8 Å². The predicted octanol–water partition coefficient (Wildman–Crippen LogP) is 1.69. The highest BCUT2D eigenvalue weighted by molar-refractivity contribution is 6.12. The number of hydrogen-bond donors (Lipinski definition) is 0. The minimum absolute atomic E-state index is 0.420. The first kappa shape index (κ1) is 9.12. The van der Waals surface area contributed by atoms with E-state index >= 15 is 0 Å². The Balaban J connectivity index is 2.34. The smallest absolute Gasteiger partial charge is 0.0717 e. The fraction of sp³-hybridized carbons (Fsp3) is 1.00. The van der Waals surface area contributed by atoms with Gasteiger partial charge in [0.05, 0.1) is 7.85 Å². The van der Waals surface area contributed by atoms with Crippen molar-refractivity contribution in [1.82, 2.24) is 4.90 Å². The number of rotatable bonds is 2. The van der Waals surface area contributed by atoms with E-state index in [-0.39, 0.29) is 0 Å². The second kappa shape index (κ2) is 3.62. The molecule has 1 fully saturated rings. The molecule has 0 aromatic rings. The zero-order valence-electron chi connectivity index (χ0n) is 7.88. The highest BCUT2D eigenvalue weighted by Crippen LogP contribution is 2.27. The Labute approximate surface area is 71.6 Å². The predicted molar refractivity (Wildman–Crippen MR) is 50.0 cm³/mol. The van der Waals surface area contributed by atoms with Gasteiger partial charge >= 0.3 is 0 Å². The lowest BCUT2D eigenvalue weighted by Crippen LogP contribution is -2.26. The van der Waals surface area contributed by atoms with Crippen LogP contribution in [0.5, 0.6) is 0 Å². The summed E-state index contributed by atoms with van der Waals surface area (Å²) in [5, 5.41) is 0. The molecule has 1 rings (SSSR count). The number of hydrogen-bond acceptors (Lipinski definition) is 1. The lowest BCUT2D eigenvalue weighted by molar-refractivity contribution is 0.272. The summed E-state index contributed by atoms with van der Waals surface area (Å²) in [6.07, 6.45) is 2.49. The van der Waals surface area contributed by atoms with Crippen LogP contribution in [0.3, 0.4) is 0 Å². The zero-order chi connectivity index (χ0) is 8.43. The first-order valence-corrected chi connectivity index (χ1v) is 4.55. The number of nitrogens with zero attached hydrogens (tertiary/aromatic N) is 1. The molecule has 1 unspecified atom stereocenters. The molecule has 1 nitrogen and oxygen atoms in total. The topological polar surface area (TPSA) is 3.24 Å². The standard InChI is InChI=1S/C9H18BN/c1-7(2)4-9-5-8(10)6-11(9)3/h7-9H,4-6H2,1-3H3/t8?,9-/m1/s1. The molecular weight excluding hydrogens is 133 g/mol. The Kier molecular flexibility index (Phi) is 3.00. The van der Waals surface area contributed by atoms with E-state index in [1.807, 2.05) is 0 Å². The second-order valence-corrected chi connectivity index (χ2v) is 4.22. The van der Waals surface area contributed by atoms with E-state index in [9.17, 15) is 0 Å². The van der Waals surface area contributed by atoms with Crippen molar-refractivity contribution in [2.24, 2.45) is 5.92 Å². The third-order valence-corrected chi connectivity index (χ3v) is 2.46. The highest BCUT2D eigenvalue weighted by atomic mass is 15.1. The molecule has 2 radical (unpaired) electrons. The van der Waals surface area contributed by atoms with Crippen LogP contribution in [0.15, 0.2) is 0 Å². The van der Waals surface area contributed by atoms with Gasteiger partial charge < -0.3 is 4.90 Å². The van der Waals surface area contributed by atoms with Gasteiger partial charge in [0.15, 0.2) is 0 Å². The van der Waals surface area contributed by atoms with Gasteiger partial charge in [0.2, 0.25) is 0 Å². The fourth-order valence-electron chi connectivity index (χ4n) is 1.94. The van der Waals surface area contributed by atoms with Crippen molar-refractivity contribution in [2.75, 3.05) is 13.6 Å². The van der Waals surface area contributed by atoms with Gasteiger partial charge in [-0.05, 0) is 32.4 Å². The van der Waals surface area contributed by atoms with Crippen molar-refractivity contribution >= 4 is 7.85 Å². The summed E-state index contributed by atoms with van der Waals surface area (Å²) >= 11 is 0. The SMILES string of the molecule is [B]C1C[C@@H](CC(C)C)N(C)C1. The third kappa shape index (κ3) is 2.51. The quantitative estimate of drug-likeness (QED) is 0.543. The van der Waals surface area contributed by atoms with E-state index < -0.39 is 0 Å². The average molecular weight is 151 g/mol. The lowest BCUT2D eigenvalue weighted by Gasteiger charge is -2.20. The van der Waals surface area contributed by atoms with Gasteiger partial charge in [-0.15, -0.1) is 0 Å². The average Bonchev–Trinajstić information content (AvgIpc) is 2.09. The second-order valence-electron chi connectivity index (χ2n) is 4.22. The molecule has 0 N–H and O–H groups in total. The Morgan fingerprint density at radius 1 is 1.55 bits per heavy atom. The minimum Gasteiger partial charge on any atom is -0.304 e. The van der Waals surface area contributed by atoms with Gasteiger partial charge in [0.25, 0.3) is 0 Å². The van der Waals surface area contributed by atoms with Crippen LogP contribution in [0.4, 0.5) is 0 Å². The molecular formula is C9H18BN. The van der Waals surface area contributed by atoms with Crippen LogP contribution >= 0.6 is 0 Å². The Morgan fingerprint density at radius 3 is 2.55 bits per heavy atom. The zero-order valence-corrected chi connectivity index (χ0v) is 7.88. The molecule has 0 saturated carbocycles. The van der Waals surface area contributed by atoms with Gasteiger partial charge in [0.1, 0.15) is 0 Å². The summed E-state index contributed by atoms with van der Waals surface area (Å²) in [6.45, 7) is 5.63. The van der Waals surface area contributed by atoms with Crippen molar-refractivity contribution in [3.05, 3.63) is 0 Å². The van der Waals surface area contributed by atoms with Crippen LogP contribution in [0, 0.1) is 5.92 Å². The molecule has 11 heavy (non-hydrogen) atoms. The maximum atomic E-state index is 5.85. The molecule has 0 amide bonds. The fourth-order valence-corrected chi connectivity index (χ4v) is 1.94. The molecule has 1 aliphatic rings. The van der Waals surface area contributed by atoms with Gasteiger partial charge in [-0.3, -0.25) is 0 Å². The van der Waals surface area contributed by atoms with E-state index in [1.54, 1.807) is 0 Å². The van der Waals surface area contributed by atoms with Crippen molar-refractivity contribution in [3.63, 3.8) is 0 Å². The summed E-state index contributed by atoms with van der Waals surface area (Å²) in [5.41, 5.74) is 0. The van der Waals surface area contributed by atoms with E-state index in [0.717, 1.165) is 18.5 Å². The van der Waals surface area contributed by atoms with E-state index in [4.69, 9.17) is 7.85 Å². The van der Waals surface area contributed by atoms with Crippen molar-refractivity contribution in [1.29, 1.82) is 0 Å². The van der Waals surface area contributed by atoms with Crippen LogP contribution in [-0.4, -0.2) is 32.4 Å². The van der Waals surface area contributed by atoms with Gasteiger partial charge in [-0.1, -0.05) is 19.7 Å². The third-order valence-electron chi connectivity index (χ3n) is 2.46. The lowest BCUT2D eigenvalue weighted by atomic mass is 9.84. The molecule has 0 spiro atoms. The molecule has 2 atom stereocenters. The highest BCUT2D eigenvalue weighted by Gasteiger charge is 2.26. The minimum atomic E-state index is 0.420. The molecule has 1 heterocycles. The normalized spacial score (nSPS) is 33.5. The largest absolute Gasteiger partial charge is 0.304 e. The van der Waals surface area contributed by atoms with E-state index in [0.29, 0.717) is 5.82 Å². The molecule has 62 valence electrons. The Morgan fingerprint density at radius 2 is 2.18 bits per heavy atom. The van der Waals surface area contributed by atoms with Crippen molar-refractivity contribution < 1.29 is 0 Å². The molecule has 0 aliphatic carbocycles. The molecule has 1 saturated heterocycles. The molecule has 1 aliphatic heterocycles. The van der Waals surface area contributed by atoms with Crippen molar-refractivity contribution in [2.45, 2.75) is 38.5 Å². The van der Waals surface area contributed by atoms with Gasteiger partial charge in [0, 0.05) is 6.04 Å². The Hall–Kier alpha value is 0.0249. The summed E-state index contributed by atoms with van der Waals surface area (Å²) in [7, 11) is 8.03. The summed E-state index contributed by atoms with van der Waals surface area (Å²) in [6, 6.07) is 0.741. The maximum Gasteiger partial charge on any atom is 0.0717 e. The van der Waals surface area contributed by atoms with Crippen LogP contribution in [0.25, 0.3) is 0 Å². The van der Waals surface area contributed by atoms with Crippen LogP contribution in [0.1, 0.15) is 26.7 Å². The van der Waals surface area contributed by atoms with Gasteiger partial charge in [-0.25, -0.2) is 0 Å². The molecule has 0 bridgehead atoms. The first-order chi connectivity index (χ1) is 5.09. The van der Waals surface area contributed by atoms with Gasteiger partial charge in [-0.2, -0.15) is 0 Å². The number of likely N-dealkylation sites (tertiary alicyclic amines) is 1. The maximum absolute atomic E-state index is 5.85. The van der Waals surface area contributed by atoms with Crippen LogP contribution in [0.2, 0.25) is 5.82 Å². The summed E-state index contributed by atoms with van der Waals surface area (Å²) < 4.78 is 0. The Bertz CT molecular complexity index is 125. The van der Waals surface area contributed by atoms with Crippen LogP contribution in [-0.2, 0) is 0 Å². The molecule has 0 aromatic carbocycles. The summed E-state index contributed by atoms with van der Waals surface area (Å²) in [4.78, 5) is 2.39. The van der Waals surface area contributed by atoms with Crippen molar-refractivity contribution in [3.8, 4) is 0 Å². The summed E-state index contributed by atoms with van der Waals surface area (Å²) in [5.74, 6) is 1.22.